The SMILES string of the molecule is CCC1(C)OB(c2ccc(C(O)OC)c(C)c2)OC1C. The fourth-order valence-corrected chi connectivity index (χ4v) is 2.46. The summed E-state index contributed by atoms with van der Waals surface area (Å²) in [6.45, 7) is 8.16. The molecule has 4 nitrogen and oxygen atoms in total. The van der Waals surface area contributed by atoms with Crippen molar-refractivity contribution < 1.29 is 19.2 Å². The van der Waals surface area contributed by atoms with Crippen LogP contribution in [0.25, 0.3) is 0 Å². The summed E-state index contributed by atoms with van der Waals surface area (Å²) < 4.78 is 16.9. The summed E-state index contributed by atoms with van der Waals surface area (Å²) >= 11 is 0. The Bertz CT molecular complexity index is 479. The quantitative estimate of drug-likeness (QED) is 0.675. The van der Waals surface area contributed by atoms with E-state index in [2.05, 4.69) is 13.8 Å². The molecule has 110 valence electrons. The predicted molar refractivity (Wildman–Crippen MR) is 78.9 cm³/mol. The zero-order valence-corrected chi connectivity index (χ0v) is 12.8. The number of benzene rings is 1. The van der Waals surface area contributed by atoms with Gasteiger partial charge in [0.1, 0.15) is 0 Å². The van der Waals surface area contributed by atoms with Crippen LogP contribution in [0, 0.1) is 6.92 Å². The molecule has 1 aliphatic rings. The highest BCUT2D eigenvalue weighted by atomic mass is 16.7. The molecule has 0 bridgehead atoms. The monoisotopic (exact) mass is 278 g/mol. The molecule has 1 saturated heterocycles. The van der Waals surface area contributed by atoms with E-state index in [1.54, 1.807) is 0 Å². The summed E-state index contributed by atoms with van der Waals surface area (Å²) in [5.41, 5.74) is 2.45. The van der Waals surface area contributed by atoms with Gasteiger partial charge in [0.05, 0.1) is 11.7 Å². The molecule has 0 aromatic heterocycles. The second-order valence-electron chi connectivity index (χ2n) is 5.60. The third-order valence-electron chi connectivity index (χ3n) is 4.32. The minimum atomic E-state index is -0.894. The summed E-state index contributed by atoms with van der Waals surface area (Å²) in [5, 5.41) is 9.74. The van der Waals surface area contributed by atoms with Crippen molar-refractivity contribution in [3.8, 4) is 0 Å². The van der Waals surface area contributed by atoms with Crippen molar-refractivity contribution in [2.45, 2.75) is 52.1 Å². The van der Waals surface area contributed by atoms with Crippen LogP contribution in [0.3, 0.4) is 0 Å². The van der Waals surface area contributed by atoms with Crippen molar-refractivity contribution in [2.24, 2.45) is 0 Å². The first kappa shape index (κ1) is 15.5. The van der Waals surface area contributed by atoms with Gasteiger partial charge in [-0.2, -0.15) is 0 Å². The van der Waals surface area contributed by atoms with Crippen molar-refractivity contribution in [1.82, 2.24) is 0 Å². The van der Waals surface area contributed by atoms with Crippen LogP contribution in [-0.2, 0) is 14.0 Å². The van der Waals surface area contributed by atoms with Crippen LogP contribution in [-0.4, -0.2) is 31.0 Å². The van der Waals surface area contributed by atoms with Gasteiger partial charge in [0.25, 0.3) is 0 Å². The van der Waals surface area contributed by atoms with Gasteiger partial charge in [-0.25, -0.2) is 0 Å². The third kappa shape index (κ3) is 2.77. The average Bonchev–Trinajstić information content (AvgIpc) is 2.74. The van der Waals surface area contributed by atoms with Crippen LogP contribution < -0.4 is 5.46 Å². The van der Waals surface area contributed by atoms with E-state index in [1.807, 2.05) is 32.0 Å². The van der Waals surface area contributed by atoms with Crippen LogP contribution >= 0.6 is 0 Å². The molecule has 0 amide bonds. The predicted octanol–water partition coefficient (Wildman–Crippen LogP) is 1.93. The van der Waals surface area contributed by atoms with Crippen molar-refractivity contribution in [2.75, 3.05) is 7.11 Å². The maximum Gasteiger partial charge on any atom is 0.494 e. The second-order valence-corrected chi connectivity index (χ2v) is 5.60. The highest BCUT2D eigenvalue weighted by Crippen LogP contribution is 2.30. The van der Waals surface area contributed by atoms with Crippen molar-refractivity contribution >= 4 is 12.6 Å². The minimum absolute atomic E-state index is 0.0575. The van der Waals surface area contributed by atoms with Gasteiger partial charge < -0.3 is 19.2 Å². The van der Waals surface area contributed by atoms with Crippen LogP contribution in [0.15, 0.2) is 18.2 Å². The van der Waals surface area contributed by atoms with E-state index in [4.69, 9.17) is 14.0 Å². The van der Waals surface area contributed by atoms with Gasteiger partial charge in [-0.15, -0.1) is 0 Å². The average molecular weight is 278 g/mol. The van der Waals surface area contributed by atoms with E-state index >= 15 is 0 Å². The largest absolute Gasteiger partial charge is 0.494 e. The molecule has 3 unspecified atom stereocenters. The molecule has 1 heterocycles. The number of rotatable bonds is 4. The number of hydrogen-bond acceptors (Lipinski definition) is 4. The standard InChI is InChI=1S/C15H23BO4/c1-6-15(4)11(3)19-16(20-15)12-7-8-13(10(2)9-12)14(17)18-5/h7-9,11,14,17H,6H2,1-5H3. The van der Waals surface area contributed by atoms with Crippen molar-refractivity contribution in [3.05, 3.63) is 29.3 Å². The minimum Gasteiger partial charge on any atom is -0.402 e. The van der Waals surface area contributed by atoms with Gasteiger partial charge in [0.15, 0.2) is 6.29 Å². The summed E-state index contributed by atoms with van der Waals surface area (Å²) in [4.78, 5) is 0. The van der Waals surface area contributed by atoms with Crippen LogP contribution in [0.1, 0.15) is 44.6 Å². The van der Waals surface area contributed by atoms with Gasteiger partial charge in [-0.1, -0.05) is 25.1 Å². The van der Waals surface area contributed by atoms with E-state index < -0.39 is 6.29 Å². The lowest BCUT2D eigenvalue weighted by atomic mass is 9.78. The molecular formula is C15H23BO4. The molecule has 2 rings (SSSR count). The molecule has 5 heteroatoms. The fraction of sp³-hybridized carbons (Fsp3) is 0.600. The molecule has 1 aromatic carbocycles. The van der Waals surface area contributed by atoms with Gasteiger partial charge >= 0.3 is 7.12 Å². The summed E-state index contributed by atoms with van der Waals surface area (Å²) in [7, 11) is 1.14. The molecule has 0 saturated carbocycles. The van der Waals surface area contributed by atoms with E-state index in [9.17, 15) is 5.11 Å². The zero-order chi connectivity index (χ0) is 14.9. The molecule has 1 aliphatic heterocycles. The Morgan fingerprint density at radius 3 is 2.70 bits per heavy atom. The Kier molecular flexibility index (Phi) is 4.54. The maximum atomic E-state index is 9.74. The van der Waals surface area contributed by atoms with E-state index in [-0.39, 0.29) is 18.8 Å². The molecule has 3 atom stereocenters. The lowest BCUT2D eigenvalue weighted by molar-refractivity contribution is -0.0773. The molecular weight excluding hydrogens is 255 g/mol. The summed E-state index contributed by atoms with van der Waals surface area (Å²) in [6, 6.07) is 5.76. The Morgan fingerprint density at radius 1 is 1.50 bits per heavy atom. The van der Waals surface area contributed by atoms with Crippen LogP contribution in [0.2, 0.25) is 0 Å². The lowest BCUT2D eigenvalue weighted by Gasteiger charge is -2.25. The highest BCUT2D eigenvalue weighted by molar-refractivity contribution is 6.62. The van der Waals surface area contributed by atoms with Crippen LogP contribution in [0.5, 0.6) is 0 Å². The van der Waals surface area contributed by atoms with E-state index in [0.717, 1.165) is 23.0 Å². The Labute approximate surface area is 121 Å². The Balaban J connectivity index is 2.21. The van der Waals surface area contributed by atoms with Crippen LogP contribution in [0.4, 0.5) is 0 Å². The number of hydrogen-bond donors (Lipinski definition) is 1. The molecule has 20 heavy (non-hydrogen) atoms. The normalized spacial score (nSPS) is 27.9. The second kappa shape index (κ2) is 5.86. The van der Waals surface area contributed by atoms with Gasteiger partial charge in [0.2, 0.25) is 0 Å². The third-order valence-corrected chi connectivity index (χ3v) is 4.32. The molecule has 1 N–H and O–H groups in total. The molecule has 0 spiro atoms. The first-order chi connectivity index (χ1) is 9.41. The zero-order valence-electron chi connectivity index (χ0n) is 12.8. The Morgan fingerprint density at radius 2 is 2.20 bits per heavy atom. The molecule has 1 fully saturated rings. The number of ether oxygens (including phenoxy) is 1. The van der Waals surface area contributed by atoms with Crippen molar-refractivity contribution in [1.29, 1.82) is 0 Å². The van der Waals surface area contributed by atoms with Gasteiger partial charge in [-0.3, -0.25) is 0 Å². The number of methoxy groups -OCH3 is 1. The lowest BCUT2D eigenvalue weighted by Crippen LogP contribution is -2.36. The number of aliphatic hydroxyl groups is 1. The first-order valence-electron chi connectivity index (χ1n) is 7.06. The Hall–Kier alpha value is -0.875. The number of aliphatic hydroxyl groups excluding tert-OH is 1. The van der Waals surface area contributed by atoms with Crippen molar-refractivity contribution in [3.63, 3.8) is 0 Å². The maximum absolute atomic E-state index is 9.74. The van der Waals surface area contributed by atoms with E-state index in [1.165, 1.54) is 7.11 Å². The molecule has 1 aromatic rings. The topological polar surface area (TPSA) is 47.9 Å². The van der Waals surface area contributed by atoms with Gasteiger partial charge in [0, 0.05) is 12.7 Å². The first-order valence-corrected chi connectivity index (χ1v) is 7.06. The van der Waals surface area contributed by atoms with E-state index in [0.29, 0.717) is 0 Å². The smallest absolute Gasteiger partial charge is 0.402 e. The molecule has 0 radical (unpaired) electrons. The summed E-state index contributed by atoms with van der Waals surface area (Å²) in [5.74, 6) is 0. The fourth-order valence-electron chi connectivity index (χ4n) is 2.46. The number of aryl methyl sites for hydroxylation is 1. The molecule has 0 aliphatic carbocycles. The summed E-state index contributed by atoms with van der Waals surface area (Å²) in [6.07, 6.45) is 0.0701. The highest BCUT2D eigenvalue weighted by Gasteiger charge is 2.45. The van der Waals surface area contributed by atoms with Gasteiger partial charge in [-0.05, 0) is 38.2 Å².